The number of benzene rings is 2. The van der Waals surface area contributed by atoms with Gasteiger partial charge in [0, 0.05) is 11.6 Å². The molecule has 0 heterocycles. The Bertz CT molecular complexity index is 644. The minimum absolute atomic E-state index is 0.0445. The van der Waals surface area contributed by atoms with Crippen molar-refractivity contribution in [3.05, 3.63) is 65.2 Å². The van der Waals surface area contributed by atoms with E-state index in [9.17, 15) is 8.78 Å². The summed E-state index contributed by atoms with van der Waals surface area (Å²) in [4.78, 5) is -0.157. The van der Waals surface area contributed by atoms with Crippen molar-refractivity contribution in [3.63, 3.8) is 0 Å². The van der Waals surface area contributed by atoms with Gasteiger partial charge in [-0.15, -0.1) is 0 Å². The van der Waals surface area contributed by atoms with Crippen LogP contribution in [0.4, 0.5) is 14.5 Å². The third-order valence-corrected chi connectivity index (χ3v) is 3.35. The van der Waals surface area contributed by atoms with Crippen molar-refractivity contribution in [3.8, 4) is 0 Å². The fourth-order valence-electron chi connectivity index (χ4n) is 2.14. The lowest BCUT2D eigenvalue weighted by molar-refractivity contribution is 0.508. The molecule has 0 amide bonds. The maximum absolute atomic E-state index is 14.0. The first-order valence-electron chi connectivity index (χ1n) is 6.57. The summed E-state index contributed by atoms with van der Waals surface area (Å²) < 4.78 is 27.8. The lowest BCUT2D eigenvalue weighted by Crippen LogP contribution is -2.20. The monoisotopic (exact) mass is 306 g/mol. The van der Waals surface area contributed by atoms with Gasteiger partial charge in [-0.1, -0.05) is 42.5 Å². The van der Waals surface area contributed by atoms with Crippen molar-refractivity contribution in [2.75, 3.05) is 5.32 Å². The van der Waals surface area contributed by atoms with Crippen molar-refractivity contribution in [1.82, 2.24) is 0 Å². The smallest absolute Gasteiger partial charge is 0.182 e. The molecule has 2 rings (SSSR count). The molecule has 0 spiro atoms. The standard InChI is InChI=1S/C16H16F2N2S/c1-10(9-11-5-3-2-4-6-11)20-13-8-7-12(16(19)21)14(17)15(13)18/h2-8,10,20H,9H2,1H3,(H2,19,21). The Hall–Kier alpha value is -2.01. The molecule has 5 heteroatoms. The number of halogens is 2. The van der Waals surface area contributed by atoms with E-state index in [2.05, 4.69) is 17.5 Å². The number of rotatable bonds is 5. The minimum atomic E-state index is -1.01. The van der Waals surface area contributed by atoms with Gasteiger partial charge in [-0.3, -0.25) is 0 Å². The van der Waals surface area contributed by atoms with E-state index in [1.807, 2.05) is 37.3 Å². The second kappa shape index (κ2) is 6.63. The average molecular weight is 306 g/mol. The molecule has 0 aliphatic rings. The zero-order chi connectivity index (χ0) is 15.4. The predicted molar refractivity (Wildman–Crippen MR) is 85.5 cm³/mol. The van der Waals surface area contributed by atoms with Gasteiger partial charge >= 0.3 is 0 Å². The quantitative estimate of drug-likeness (QED) is 0.828. The van der Waals surface area contributed by atoms with E-state index >= 15 is 0 Å². The number of nitrogens with two attached hydrogens (primary N) is 1. The van der Waals surface area contributed by atoms with E-state index in [0.29, 0.717) is 6.42 Å². The van der Waals surface area contributed by atoms with Gasteiger partial charge in [0.25, 0.3) is 0 Å². The van der Waals surface area contributed by atoms with Gasteiger partial charge in [0.2, 0.25) is 0 Å². The normalized spacial score (nSPS) is 12.0. The number of thiocarbonyl (C=S) groups is 1. The summed E-state index contributed by atoms with van der Waals surface area (Å²) in [6.07, 6.45) is 0.707. The van der Waals surface area contributed by atoms with Crippen molar-refractivity contribution in [2.24, 2.45) is 5.73 Å². The van der Waals surface area contributed by atoms with E-state index in [4.69, 9.17) is 5.73 Å². The van der Waals surface area contributed by atoms with Gasteiger partial charge in [0.15, 0.2) is 11.6 Å². The highest BCUT2D eigenvalue weighted by Crippen LogP contribution is 2.22. The zero-order valence-corrected chi connectivity index (χ0v) is 12.4. The molecular weight excluding hydrogens is 290 g/mol. The van der Waals surface area contributed by atoms with Gasteiger partial charge in [-0.25, -0.2) is 8.78 Å². The molecular formula is C16H16F2N2S. The molecule has 3 N–H and O–H groups in total. The molecule has 2 aromatic carbocycles. The van der Waals surface area contributed by atoms with E-state index in [1.54, 1.807) is 0 Å². The summed E-state index contributed by atoms with van der Waals surface area (Å²) in [5.41, 5.74) is 6.49. The molecule has 0 aromatic heterocycles. The Morgan fingerprint density at radius 3 is 2.43 bits per heavy atom. The first-order chi connectivity index (χ1) is 9.99. The van der Waals surface area contributed by atoms with Crippen molar-refractivity contribution < 1.29 is 8.78 Å². The second-order valence-electron chi connectivity index (χ2n) is 4.89. The first-order valence-corrected chi connectivity index (χ1v) is 6.98. The molecule has 0 fully saturated rings. The Kier molecular flexibility index (Phi) is 4.85. The minimum Gasteiger partial charge on any atom is -0.389 e. The Balaban J connectivity index is 2.13. The second-order valence-corrected chi connectivity index (χ2v) is 5.33. The van der Waals surface area contributed by atoms with Crippen LogP contribution in [-0.2, 0) is 6.42 Å². The lowest BCUT2D eigenvalue weighted by atomic mass is 10.1. The predicted octanol–water partition coefficient (Wildman–Crippen LogP) is 3.64. The van der Waals surface area contributed by atoms with E-state index < -0.39 is 11.6 Å². The Morgan fingerprint density at radius 2 is 1.81 bits per heavy atom. The molecule has 0 bridgehead atoms. The van der Waals surface area contributed by atoms with Crippen LogP contribution in [0.1, 0.15) is 18.1 Å². The van der Waals surface area contributed by atoms with Gasteiger partial charge in [0.05, 0.1) is 5.69 Å². The maximum atomic E-state index is 14.0. The number of hydrogen-bond acceptors (Lipinski definition) is 2. The van der Waals surface area contributed by atoms with Crippen LogP contribution in [0.3, 0.4) is 0 Å². The highest BCUT2D eigenvalue weighted by atomic mass is 32.1. The van der Waals surface area contributed by atoms with Crippen LogP contribution in [0.2, 0.25) is 0 Å². The summed E-state index contributed by atoms with van der Waals surface area (Å²) in [7, 11) is 0. The highest BCUT2D eigenvalue weighted by Gasteiger charge is 2.16. The first kappa shape index (κ1) is 15.4. The molecule has 110 valence electrons. The SMILES string of the molecule is CC(Cc1ccccc1)Nc1ccc(C(N)=S)c(F)c1F. The lowest BCUT2D eigenvalue weighted by Gasteiger charge is -2.17. The van der Waals surface area contributed by atoms with Crippen molar-refractivity contribution in [2.45, 2.75) is 19.4 Å². The molecule has 2 aromatic rings. The molecule has 0 saturated heterocycles. The van der Waals surface area contributed by atoms with Crippen molar-refractivity contribution >= 4 is 22.9 Å². The fourth-order valence-corrected chi connectivity index (χ4v) is 2.29. The molecule has 1 unspecified atom stereocenters. The van der Waals surface area contributed by atoms with E-state index in [-0.39, 0.29) is 22.3 Å². The Labute approximate surface area is 128 Å². The molecule has 0 aliphatic carbocycles. The summed E-state index contributed by atoms with van der Waals surface area (Å²) >= 11 is 4.68. The molecule has 0 saturated carbocycles. The average Bonchev–Trinajstić information content (AvgIpc) is 2.44. The molecule has 1 atom stereocenters. The van der Waals surface area contributed by atoms with Gasteiger partial charge in [-0.2, -0.15) is 0 Å². The van der Waals surface area contributed by atoms with Crippen molar-refractivity contribution in [1.29, 1.82) is 0 Å². The van der Waals surface area contributed by atoms with Crippen LogP contribution >= 0.6 is 12.2 Å². The number of hydrogen-bond donors (Lipinski definition) is 2. The zero-order valence-electron chi connectivity index (χ0n) is 11.6. The van der Waals surface area contributed by atoms with Crippen LogP contribution in [0.25, 0.3) is 0 Å². The van der Waals surface area contributed by atoms with Crippen LogP contribution < -0.4 is 11.1 Å². The summed E-state index contributed by atoms with van der Waals surface area (Å²) in [6.45, 7) is 1.91. The molecule has 0 aliphatic heterocycles. The summed E-state index contributed by atoms with van der Waals surface area (Å²) in [5.74, 6) is -1.97. The van der Waals surface area contributed by atoms with Crippen LogP contribution in [-0.4, -0.2) is 11.0 Å². The largest absolute Gasteiger partial charge is 0.389 e. The highest BCUT2D eigenvalue weighted by molar-refractivity contribution is 7.80. The third kappa shape index (κ3) is 3.76. The summed E-state index contributed by atoms with van der Waals surface area (Å²) in [5, 5.41) is 2.97. The molecule has 2 nitrogen and oxygen atoms in total. The third-order valence-electron chi connectivity index (χ3n) is 3.13. The van der Waals surface area contributed by atoms with Crippen LogP contribution in [0, 0.1) is 11.6 Å². The number of nitrogens with one attached hydrogen (secondary N) is 1. The van der Waals surface area contributed by atoms with Gasteiger partial charge < -0.3 is 11.1 Å². The molecule has 0 radical (unpaired) electrons. The van der Waals surface area contributed by atoms with Crippen LogP contribution in [0.5, 0.6) is 0 Å². The van der Waals surface area contributed by atoms with E-state index in [1.165, 1.54) is 12.1 Å². The van der Waals surface area contributed by atoms with Gasteiger partial charge in [0.1, 0.15) is 4.99 Å². The Morgan fingerprint density at radius 1 is 1.14 bits per heavy atom. The topological polar surface area (TPSA) is 38.0 Å². The van der Waals surface area contributed by atoms with E-state index in [0.717, 1.165) is 5.56 Å². The van der Waals surface area contributed by atoms with Crippen LogP contribution in [0.15, 0.2) is 42.5 Å². The fraction of sp³-hybridized carbons (Fsp3) is 0.188. The number of anilines is 1. The summed E-state index contributed by atoms with van der Waals surface area (Å²) in [6, 6.07) is 12.6. The molecule has 21 heavy (non-hydrogen) atoms. The van der Waals surface area contributed by atoms with Gasteiger partial charge in [-0.05, 0) is 31.0 Å². The maximum Gasteiger partial charge on any atom is 0.182 e.